The minimum atomic E-state index is -0.628. The van der Waals surface area contributed by atoms with Gasteiger partial charge in [0.25, 0.3) is 5.91 Å². The average Bonchev–Trinajstić information content (AvgIpc) is 2.36. The third-order valence-corrected chi connectivity index (χ3v) is 3.88. The van der Waals surface area contributed by atoms with Gasteiger partial charge in [-0.25, -0.2) is 8.78 Å². The zero-order valence-corrected chi connectivity index (χ0v) is 13.1. The van der Waals surface area contributed by atoms with Gasteiger partial charge in [-0.1, -0.05) is 6.07 Å². The fraction of sp³-hybridized carbons (Fsp3) is 0. The molecule has 0 fully saturated rings. The van der Waals surface area contributed by atoms with Gasteiger partial charge in [0.05, 0.1) is 15.7 Å². The summed E-state index contributed by atoms with van der Waals surface area (Å²) in [5.74, 6) is -1.60. The van der Waals surface area contributed by atoms with Crippen molar-refractivity contribution in [2.45, 2.75) is 0 Å². The normalized spacial score (nSPS) is 10.3. The molecule has 0 aliphatic rings. The Hall–Kier alpha value is -1.02. The minimum absolute atomic E-state index is 0.0745. The van der Waals surface area contributed by atoms with Crippen molar-refractivity contribution in [3.05, 3.63) is 61.6 Å². The van der Waals surface area contributed by atoms with Crippen LogP contribution in [0, 0.1) is 15.2 Å². The summed E-state index contributed by atoms with van der Waals surface area (Å²) >= 11 is 4.91. The largest absolute Gasteiger partial charge is 0.321 e. The molecule has 0 bridgehead atoms. The Bertz CT molecular complexity index is 649. The molecule has 0 saturated heterocycles. The van der Waals surface area contributed by atoms with Crippen molar-refractivity contribution in [3.63, 3.8) is 0 Å². The van der Waals surface area contributed by atoms with Crippen LogP contribution >= 0.6 is 38.5 Å². The number of hydrogen-bond acceptors (Lipinski definition) is 1. The number of carbonyl (C=O) groups is 1. The van der Waals surface area contributed by atoms with Crippen LogP contribution < -0.4 is 5.32 Å². The number of halogens is 4. The summed E-state index contributed by atoms with van der Waals surface area (Å²) in [6.07, 6.45) is 0. The molecule has 2 rings (SSSR count). The highest BCUT2D eigenvalue weighted by Crippen LogP contribution is 2.22. The van der Waals surface area contributed by atoms with Crippen molar-refractivity contribution >= 4 is 50.1 Å². The lowest BCUT2D eigenvalue weighted by molar-refractivity contribution is 0.102. The lowest BCUT2D eigenvalue weighted by Gasteiger charge is -2.08. The van der Waals surface area contributed by atoms with Crippen LogP contribution in [0.3, 0.4) is 0 Å². The number of benzene rings is 2. The maximum atomic E-state index is 13.7. The van der Waals surface area contributed by atoms with Crippen molar-refractivity contribution in [1.82, 2.24) is 0 Å². The lowest BCUT2D eigenvalue weighted by atomic mass is 10.2. The second kappa shape index (κ2) is 5.96. The first kappa shape index (κ1) is 14.4. The van der Waals surface area contributed by atoms with Gasteiger partial charge in [-0.2, -0.15) is 0 Å². The second-order valence-electron chi connectivity index (χ2n) is 3.68. The maximum Gasteiger partial charge on any atom is 0.258 e. The molecule has 1 N–H and O–H groups in total. The number of hydrogen-bond donors (Lipinski definition) is 1. The van der Waals surface area contributed by atoms with Gasteiger partial charge in [-0.3, -0.25) is 4.79 Å². The molecule has 19 heavy (non-hydrogen) atoms. The predicted octanol–water partition coefficient (Wildman–Crippen LogP) is 4.58. The monoisotopic (exact) mass is 437 g/mol. The van der Waals surface area contributed by atoms with Gasteiger partial charge in [-0.15, -0.1) is 0 Å². The van der Waals surface area contributed by atoms with Crippen LogP contribution in [-0.4, -0.2) is 5.91 Å². The molecule has 0 saturated carbocycles. The highest BCUT2D eigenvalue weighted by atomic mass is 127. The zero-order chi connectivity index (χ0) is 14.0. The van der Waals surface area contributed by atoms with Crippen LogP contribution in [0.2, 0.25) is 0 Å². The van der Waals surface area contributed by atoms with E-state index in [4.69, 9.17) is 0 Å². The molecule has 0 unspecified atom stereocenters. The molecule has 98 valence electrons. The molecular formula is C13H7BrF2INO. The van der Waals surface area contributed by atoms with E-state index in [2.05, 4.69) is 21.2 Å². The van der Waals surface area contributed by atoms with E-state index in [1.807, 2.05) is 22.6 Å². The smallest absolute Gasteiger partial charge is 0.258 e. The SMILES string of the molecule is O=C(Nc1ccc(F)cc1I)c1cccc(Br)c1F. The molecule has 1 amide bonds. The van der Waals surface area contributed by atoms with Gasteiger partial charge in [0, 0.05) is 3.57 Å². The molecule has 2 nitrogen and oxygen atoms in total. The molecule has 0 aromatic heterocycles. The van der Waals surface area contributed by atoms with Gasteiger partial charge in [-0.05, 0) is 68.9 Å². The Balaban J connectivity index is 2.28. The third kappa shape index (κ3) is 3.30. The molecular weight excluding hydrogens is 431 g/mol. The van der Waals surface area contributed by atoms with Crippen molar-refractivity contribution < 1.29 is 13.6 Å². The van der Waals surface area contributed by atoms with Crippen molar-refractivity contribution in [3.8, 4) is 0 Å². The van der Waals surface area contributed by atoms with Crippen molar-refractivity contribution in [2.24, 2.45) is 0 Å². The molecule has 0 aliphatic heterocycles. The molecule has 6 heteroatoms. The van der Waals surface area contributed by atoms with Crippen LogP contribution in [0.4, 0.5) is 14.5 Å². The molecule has 0 heterocycles. The second-order valence-corrected chi connectivity index (χ2v) is 5.70. The summed E-state index contributed by atoms with van der Waals surface area (Å²) < 4.78 is 27.5. The Morgan fingerprint density at radius 2 is 1.95 bits per heavy atom. The molecule has 0 aliphatic carbocycles. The maximum absolute atomic E-state index is 13.7. The highest BCUT2D eigenvalue weighted by Gasteiger charge is 2.15. The molecule has 0 spiro atoms. The van der Waals surface area contributed by atoms with E-state index in [9.17, 15) is 13.6 Å². The third-order valence-electron chi connectivity index (χ3n) is 2.38. The first-order chi connectivity index (χ1) is 8.99. The summed E-state index contributed by atoms with van der Waals surface area (Å²) in [5.41, 5.74) is 0.362. The quantitative estimate of drug-likeness (QED) is 0.684. The summed E-state index contributed by atoms with van der Waals surface area (Å²) in [6, 6.07) is 8.41. The van der Waals surface area contributed by atoms with E-state index in [-0.39, 0.29) is 10.0 Å². The number of carbonyl (C=O) groups excluding carboxylic acids is 1. The van der Waals surface area contributed by atoms with Crippen molar-refractivity contribution in [2.75, 3.05) is 5.32 Å². The van der Waals surface area contributed by atoms with Crippen LogP contribution in [0.5, 0.6) is 0 Å². The van der Waals surface area contributed by atoms with Crippen LogP contribution in [-0.2, 0) is 0 Å². The fourth-order valence-electron chi connectivity index (χ4n) is 1.46. The number of amides is 1. The predicted molar refractivity (Wildman–Crippen MR) is 81.2 cm³/mol. The molecule has 0 radical (unpaired) electrons. The molecule has 2 aromatic rings. The summed E-state index contributed by atoms with van der Waals surface area (Å²) in [6.45, 7) is 0. The van der Waals surface area contributed by atoms with E-state index in [0.717, 1.165) is 0 Å². The Morgan fingerprint density at radius 3 is 2.63 bits per heavy atom. The molecule has 0 atom stereocenters. The number of rotatable bonds is 2. The minimum Gasteiger partial charge on any atom is -0.321 e. The first-order valence-electron chi connectivity index (χ1n) is 5.19. The number of nitrogens with one attached hydrogen (secondary N) is 1. The van der Waals surface area contributed by atoms with E-state index in [1.54, 1.807) is 6.07 Å². The summed E-state index contributed by atoms with van der Waals surface area (Å²) in [7, 11) is 0. The van der Waals surface area contributed by atoms with Gasteiger partial charge in [0.1, 0.15) is 11.6 Å². The average molecular weight is 438 g/mol. The lowest BCUT2D eigenvalue weighted by Crippen LogP contribution is -2.14. The Morgan fingerprint density at radius 1 is 1.21 bits per heavy atom. The first-order valence-corrected chi connectivity index (χ1v) is 7.06. The van der Waals surface area contributed by atoms with Crippen molar-refractivity contribution in [1.29, 1.82) is 0 Å². The highest BCUT2D eigenvalue weighted by molar-refractivity contribution is 14.1. The van der Waals surface area contributed by atoms with Crippen LogP contribution in [0.1, 0.15) is 10.4 Å². The topological polar surface area (TPSA) is 29.1 Å². The zero-order valence-electron chi connectivity index (χ0n) is 9.38. The van der Waals surface area contributed by atoms with Crippen LogP contribution in [0.15, 0.2) is 40.9 Å². The summed E-state index contributed by atoms with van der Waals surface area (Å²) in [4.78, 5) is 12.0. The van der Waals surface area contributed by atoms with Gasteiger partial charge < -0.3 is 5.32 Å². The van der Waals surface area contributed by atoms with E-state index in [1.165, 1.54) is 30.3 Å². The van der Waals surface area contributed by atoms with E-state index >= 15 is 0 Å². The fourth-order valence-corrected chi connectivity index (χ4v) is 2.44. The molecule has 2 aromatic carbocycles. The van der Waals surface area contributed by atoms with E-state index < -0.39 is 17.5 Å². The Labute approximate surface area is 130 Å². The van der Waals surface area contributed by atoms with Crippen LogP contribution in [0.25, 0.3) is 0 Å². The van der Waals surface area contributed by atoms with E-state index in [0.29, 0.717) is 9.26 Å². The van der Waals surface area contributed by atoms with Gasteiger partial charge in [0.2, 0.25) is 0 Å². The summed E-state index contributed by atoms with van der Waals surface area (Å²) in [5, 5.41) is 2.55. The standard InChI is InChI=1S/C13H7BrF2INO/c14-9-3-1-2-8(12(9)16)13(19)18-11-5-4-7(15)6-10(11)17/h1-6H,(H,18,19). The van der Waals surface area contributed by atoms with Gasteiger partial charge in [0.15, 0.2) is 0 Å². The number of anilines is 1. The Kier molecular flexibility index (Phi) is 4.51. The van der Waals surface area contributed by atoms with Gasteiger partial charge >= 0.3 is 0 Å².